The van der Waals surface area contributed by atoms with Gasteiger partial charge < -0.3 is 20.4 Å². The Hall–Kier alpha value is -2.81. The summed E-state index contributed by atoms with van der Waals surface area (Å²) in [5.41, 5.74) is 1.66. The van der Waals surface area contributed by atoms with Gasteiger partial charge in [-0.3, -0.25) is 9.79 Å². The molecule has 9 heteroatoms. The molecule has 0 radical (unpaired) electrons. The van der Waals surface area contributed by atoms with Crippen molar-refractivity contribution in [1.29, 1.82) is 0 Å². The second-order valence-electron chi connectivity index (χ2n) is 6.30. The van der Waals surface area contributed by atoms with Gasteiger partial charge in [-0.2, -0.15) is 0 Å². The molecule has 1 saturated heterocycles. The van der Waals surface area contributed by atoms with Gasteiger partial charge in [0.15, 0.2) is 21.6 Å². The molecule has 8 nitrogen and oxygen atoms in total. The van der Waals surface area contributed by atoms with Gasteiger partial charge in [0.25, 0.3) is 5.91 Å². The van der Waals surface area contributed by atoms with Crippen LogP contribution >= 0.6 is 0 Å². The molecule has 3 rings (SSSR count). The van der Waals surface area contributed by atoms with E-state index in [1.54, 1.807) is 31.3 Å². The summed E-state index contributed by atoms with van der Waals surface area (Å²) in [6.07, 6.45) is 2.04. The normalized spacial score (nSPS) is 18.9. The second kappa shape index (κ2) is 8.26. The molecule has 1 amide bonds. The third-order valence-corrected chi connectivity index (χ3v) is 5.98. The first-order valence-electron chi connectivity index (χ1n) is 8.56. The standard InChI is InChI=1S/C18H22N4O4S/c1-19-18(22-15-8-10-27(24,25)12-15)20-11-13-4-6-14(7-5-13)21-17(23)16-3-2-9-26-16/h2-7,9,15H,8,10-12H2,1H3,(H,21,23)(H2,19,20,22). The molecule has 1 unspecified atom stereocenters. The Labute approximate surface area is 158 Å². The number of furan rings is 1. The molecule has 144 valence electrons. The highest BCUT2D eigenvalue weighted by atomic mass is 32.2. The van der Waals surface area contributed by atoms with Crippen molar-refractivity contribution >= 4 is 27.4 Å². The Balaban J connectivity index is 1.49. The second-order valence-corrected chi connectivity index (χ2v) is 8.53. The molecule has 1 aliphatic heterocycles. The zero-order valence-corrected chi connectivity index (χ0v) is 15.8. The third-order valence-electron chi connectivity index (χ3n) is 4.21. The number of amides is 1. The molecule has 0 spiro atoms. The van der Waals surface area contributed by atoms with Crippen molar-refractivity contribution in [3.8, 4) is 0 Å². The molecule has 1 fully saturated rings. The van der Waals surface area contributed by atoms with Gasteiger partial charge >= 0.3 is 0 Å². The average Bonchev–Trinajstić information content (AvgIpc) is 3.29. The number of hydrogen-bond donors (Lipinski definition) is 3. The summed E-state index contributed by atoms with van der Waals surface area (Å²) in [7, 11) is -1.29. The highest BCUT2D eigenvalue weighted by Crippen LogP contribution is 2.13. The number of hydrogen-bond acceptors (Lipinski definition) is 5. The number of rotatable bonds is 5. The van der Waals surface area contributed by atoms with Gasteiger partial charge in [0.05, 0.1) is 17.8 Å². The zero-order valence-electron chi connectivity index (χ0n) is 14.9. The number of nitrogens with zero attached hydrogens (tertiary/aromatic N) is 1. The number of guanidine groups is 1. The van der Waals surface area contributed by atoms with E-state index < -0.39 is 9.84 Å². The molecule has 2 aromatic rings. The predicted octanol–water partition coefficient (Wildman–Crippen LogP) is 1.38. The van der Waals surface area contributed by atoms with Crippen LogP contribution in [0.25, 0.3) is 0 Å². The summed E-state index contributed by atoms with van der Waals surface area (Å²) in [6.45, 7) is 0.519. The zero-order chi connectivity index (χ0) is 19.3. The molecule has 27 heavy (non-hydrogen) atoms. The van der Waals surface area contributed by atoms with E-state index in [0.29, 0.717) is 24.6 Å². The van der Waals surface area contributed by atoms with Gasteiger partial charge in [0, 0.05) is 25.3 Å². The summed E-state index contributed by atoms with van der Waals surface area (Å²) in [4.78, 5) is 16.1. The molecule has 2 heterocycles. The van der Waals surface area contributed by atoms with Crippen LogP contribution in [0.2, 0.25) is 0 Å². The molecular formula is C18H22N4O4S. The Morgan fingerprint density at radius 1 is 1.26 bits per heavy atom. The lowest BCUT2D eigenvalue weighted by Crippen LogP contribution is -2.43. The van der Waals surface area contributed by atoms with Crippen molar-refractivity contribution < 1.29 is 17.6 Å². The molecule has 1 atom stereocenters. The lowest BCUT2D eigenvalue weighted by atomic mass is 10.2. The third kappa shape index (κ3) is 5.33. The Bertz CT molecular complexity index is 905. The minimum Gasteiger partial charge on any atom is -0.459 e. The summed E-state index contributed by atoms with van der Waals surface area (Å²) >= 11 is 0. The SMILES string of the molecule is CN=C(NCc1ccc(NC(=O)c2ccco2)cc1)NC1CCS(=O)(=O)C1. The van der Waals surface area contributed by atoms with E-state index in [2.05, 4.69) is 20.9 Å². The monoisotopic (exact) mass is 390 g/mol. The van der Waals surface area contributed by atoms with Crippen molar-refractivity contribution in [2.75, 3.05) is 23.9 Å². The van der Waals surface area contributed by atoms with Crippen molar-refractivity contribution in [2.45, 2.75) is 19.0 Å². The Kier molecular flexibility index (Phi) is 5.80. The minimum absolute atomic E-state index is 0.111. The van der Waals surface area contributed by atoms with Crippen LogP contribution in [0.3, 0.4) is 0 Å². The van der Waals surface area contributed by atoms with Crippen LogP contribution in [0.5, 0.6) is 0 Å². The van der Waals surface area contributed by atoms with E-state index in [1.807, 2.05) is 12.1 Å². The van der Waals surface area contributed by atoms with Crippen LogP contribution in [0.15, 0.2) is 52.1 Å². The van der Waals surface area contributed by atoms with E-state index in [9.17, 15) is 13.2 Å². The number of nitrogens with one attached hydrogen (secondary N) is 3. The van der Waals surface area contributed by atoms with Crippen molar-refractivity contribution in [3.05, 3.63) is 54.0 Å². The molecule has 0 aliphatic carbocycles. The molecule has 1 aromatic carbocycles. The van der Waals surface area contributed by atoms with E-state index in [1.165, 1.54) is 6.26 Å². The smallest absolute Gasteiger partial charge is 0.291 e. The maximum Gasteiger partial charge on any atom is 0.291 e. The molecule has 1 aliphatic rings. The van der Waals surface area contributed by atoms with Crippen molar-refractivity contribution in [2.24, 2.45) is 4.99 Å². The first kappa shape index (κ1) is 19.0. The molecule has 0 saturated carbocycles. The number of aliphatic imine (C=N–C) groups is 1. The van der Waals surface area contributed by atoms with Crippen LogP contribution in [0.1, 0.15) is 22.5 Å². The van der Waals surface area contributed by atoms with Gasteiger partial charge in [-0.1, -0.05) is 12.1 Å². The average molecular weight is 390 g/mol. The molecule has 1 aromatic heterocycles. The van der Waals surface area contributed by atoms with Crippen molar-refractivity contribution in [3.63, 3.8) is 0 Å². The van der Waals surface area contributed by atoms with Crippen LogP contribution in [-0.2, 0) is 16.4 Å². The fourth-order valence-corrected chi connectivity index (χ4v) is 4.46. The summed E-state index contributed by atoms with van der Waals surface area (Å²) in [5.74, 6) is 0.865. The Morgan fingerprint density at radius 2 is 2.04 bits per heavy atom. The minimum atomic E-state index is -2.93. The number of sulfone groups is 1. The van der Waals surface area contributed by atoms with E-state index >= 15 is 0 Å². The fraction of sp³-hybridized carbons (Fsp3) is 0.333. The highest BCUT2D eigenvalue weighted by molar-refractivity contribution is 7.91. The first-order chi connectivity index (χ1) is 12.9. The fourth-order valence-electron chi connectivity index (χ4n) is 2.79. The van der Waals surface area contributed by atoms with Crippen LogP contribution in [0.4, 0.5) is 5.69 Å². The molecule has 0 bridgehead atoms. The molecule has 3 N–H and O–H groups in total. The summed E-state index contributed by atoms with van der Waals surface area (Å²) in [5, 5.41) is 9.06. The van der Waals surface area contributed by atoms with Gasteiger partial charge in [0.2, 0.25) is 0 Å². The summed E-state index contributed by atoms with van der Waals surface area (Å²) < 4.78 is 28.1. The highest BCUT2D eigenvalue weighted by Gasteiger charge is 2.28. The van der Waals surface area contributed by atoms with Gasteiger partial charge in [-0.15, -0.1) is 0 Å². The van der Waals surface area contributed by atoms with Crippen LogP contribution < -0.4 is 16.0 Å². The van der Waals surface area contributed by atoms with Gasteiger partial charge in [-0.05, 0) is 36.2 Å². The number of anilines is 1. The quantitative estimate of drug-likeness (QED) is 0.525. The topological polar surface area (TPSA) is 113 Å². The lowest BCUT2D eigenvalue weighted by molar-refractivity contribution is 0.0996. The number of carbonyl (C=O) groups is 1. The van der Waals surface area contributed by atoms with E-state index in [-0.39, 0.29) is 29.2 Å². The van der Waals surface area contributed by atoms with Crippen LogP contribution in [-0.4, -0.2) is 44.9 Å². The number of carbonyl (C=O) groups excluding carboxylic acids is 1. The van der Waals surface area contributed by atoms with E-state index in [0.717, 1.165) is 5.56 Å². The maximum absolute atomic E-state index is 11.9. The Morgan fingerprint density at radius 3 is 2.63 bits per heavy atom. The van der Waals surface area contributed by atoms with E-state index in [4.69, 9.17) is 4.42 Å². The number of benzene rings is 1. The summed E-state index contributed by atoms with van der Waals surface area (Å²) in [6, 6.07) is 10.5. The lowest BCUT2D eigenvalue weighted by Gasteiger charge is -2.16. The molecular weight excluding hydrogens is 368 g/mol. The first-order valence-corrected chi connectivity index (χ1v) is 10.4. The predicted molar refractivity (Wildman–Crippen MR) is 103 cm³/mol. The maximum atomic E-state index is 11.9. The van der Waals surface area contributed by atoms with Gasteiger partial charge in [0.1, 0.15) is 0 Å². The van der Waals surface area contributed by atoms with Gasteiger partial charge in [-0.25, -0.2) is 8.42 Å². The van der Waals surface area contributed by atoms with Crippen molar-refractivity contribution in [1.82, 2.24) is 10.6 Å². The van der Waals surface area contributed by atoms with Crippen LogP contribution in [0, 0.1) is 0 Å². The largest absolute Gasteiger partial charge is 0.459 e.